The van der Waals surface area contributed by atoms with Gasteiger partial charge in [0.2, 0.25) is 0 Å². The highest BCUT2D eigenvalue weighted by Gasteiger charge is 2.80. The lowest BCUT2D eigenvalue weighted by molar-refractivity contribution is -0.205. The molecule has 0 amide bonds. The van der Waals surface area contributed by atoms with Gasteiger partial charge in [-0.3, -0.25) is 14.4 Å². The molecule has 0 heterocycles. The van der Waals surface area contributed by atoms with E-state index in [9.17, 15) is 14.4 Å². The number of fused-ring (bicyclic) bond motifs is 5. The maximum Gasteiger partial charge on any atom is 0.321 e. The molecule has 0 aromatic rings. The predicted molar refractivity (Wildman–Crippen MR) is 121 cm³/mol. The topological polar surface area (TPSA) is 69.7 Å². The number of Topliss-reactive ketones (excluding diaryl/α,β-unsaturated/α-hetero) is 2. The number of hydrogen-bond donors (Lipinski definition) is 0. The second kappa shape index (κ2) is 6.57. The smallest absolute Gasteiger partial charge is 0.321 e. The summed E-state index contributed by atoms with van der Waals surface area (Å²) in [6.07, 6.45) is 5.11. The summed E-state index contributed by atoms with van der Waals surface area (Å²) in [5, 5.41) is 0. The van der Waals surface area contributed by atoms with E-state index >= 15 is 0 Å². The Labute approximate surface area is 192 Å². The quantitative estimate of drug-likeness (QED) is 0.340. The van der Waals surface area contributed by atoms with Gasteiger partial charge >= 0.3 is 5.97 Å². The van der Waals surface area contributed by atoms with Crippen molar-refractivity contribution >= 4 is 17.5 Å². The first-order valence-corrected chi connectivity index (χ1v) is 11.8. The van der Waals surface area contributed by atoms with Crippen molar-refractivity contribution < 1.29 is 23.9 Å². The second-order valence-electron chi connectivity index (χ2n) is 11.8. The van der Waals surface area contributed by atoms with Crippen molar-refractivity contribution in [2.24, 2.45) is 38.9 Å². The van der Waals surface area contributed by atoms with Crippen LogP contribution in [0.25, 0.3) is 0 Å². The van der Waals surface area contributed by atoms with Gasteiger partial charge < -0.3 is 9.47 Å². The van der Waals surface area contributed by atoms with Crippen LogP contribution in [0.5, 0.6) is 0 Å². The van der Waals surface area contributed by atoms with Gasteiger partial charge in [0.25, 0.3) is 0 Å². The van der Waals surface area contributed by atoms with E-state index in [1.807, 2.05) is 13.8 Å². The Balaban J connectivity index is 2.04. The molecule has 176 valence electrons. The molecule has 4 rings (SSSR count). The molecule has 5 nitrogen and oxygen atoms in total. The fraction of sp³-hybridized carbons (Fsp3) is 0.741. The molecule has 0 radical (unpaired) electrons. The lowest BCUT2D eigenvalue weighted by Gasteiger charge is -2.68. The van der Waals surface area contributed by atoms with E-state index in [2.05, 4.69) is 33.8 Å². The fourth-order valence-corrected chi connectivity index (χ4v) is 9.00. The molecule has 0 bridgehead atoms. The van der Waals surface area contributed by atoms with Crippen molar-refractivity contribution in [3.8, 4) is 0 Å². The van der Waals surface area contributed by atoms with Crippen molar-refractivity contribution in [3.05, 3.63) is 23.0 Å². The normalized spacial score (nSPS) is 45.0. The van der Waals surface area contributed by atoms with Crippen LogP contribution in [0.1, 0.15) is 74.1 Å². The number of ketones is 2. The van der Waals surface area contributed by atoms with Gasteiger partial charge in [0.05, 0.1) is 19.6 Å². The van der Waals surface area contributed by atoms with Gasteiger partial charge in [-0.1, -0.05) is 39.3 Å². The first kappa shape index (κ1) is 23.3. The van der Waals surface area contributed by atoms with E-state index in [1.54, 1.807) is 14.0 Å². The zero-order chi connectivity index (χ0) is 24.1. The lowest BCUT2D eigenvalue weighted by atomic mass is 9.34. The SMILES string of the molecule is COC(=O)[C@@]12C(=O)C(C)=C(OC)[C@]1(C)C(C)=C[C@H]1[C@]3(C)CCC(=O)C(C)(C)[C@H]3CC[C@@]12C. The second-order valence-corrected chi connectivity index (χ2v) is 11.8. The van der Waals surface area contributed by atoms with Crippen molar-refractivity contribution in [2.75, 3.05) is 14.2 Å². The third kappa shape index (κ3) is 2.14. The van der Waals surface area contributed by atoms with Gasteiger partial charge in [-0.25, -0.2) is 0 Å². The van der Waals surface area contributed by atoms with E-state index in [1.165, 1.54) is 7.11 Å². The van der Waals surface area contributed by atoms with Crippen LogP contribution in [-0.2, 0) is 23.9 Å². The maximum atomic E-state index is 14.2. The monoisotopic (exact) mass is 442 g/mol. The first-order chi connectivity index (χ1) is 14.7. The molecule has 0 spiro atoms. The van der Waals surface area contributed by atoms with Crippen molar-refractivity contribution in [1.29, 1.82) is 0 Å². The van der Waals surface area contributed by atoms with E-state index in [0.717, 1.165) is 18.4 Å². The van der Waals surface area contributed by atoms with E-state index < -0.39 is 27.6 Å². The first-order valence-electron chi connectivity index (χ1n) is 11.8. The van der Waals surface area contributed by atoms with Crippen LogP contribution in [0.4, 0.5) is 0 Å². The van der Waals surface area contributed by atoms with Crippen LogP contribution < -0.4 is 0 Å². The van der Waals surface area contributed by atoms with Gasteiger partial charge in [-0.15, -0.1) is 0 Å². The minimum atomic E-state index is -1.38. The average molecular weight is 443 g/mol. The number of ether oxygens (including phenoxy) is 2. The molecule has 0 saturated heterocycles. The van der Waals surface area contributed by atoms with Crippen LogP contribution >= 0.6 is 0 Å². The summed E-state index contributed by atoms with van der Waals surface area (Å²) in [5.74, 6) is 0.434. The largest absolute Gasteiger partial charge is 0.500 e. The molecule has 4 aliphatic rings. The number of carbonyl (C=O) groups is 3. The number of esters is 1. The Morgan fingerprint density at radius 1 is 1.03 bits per heavy atom. The van der Waals surface area contributed by atoms with Crippen molar-refractivity contribution in [1.82, 2.24) is 0 Å². The Hall–Kier alpha value is -1.91. The minimum Gasteiger partial charge on any atom is -0.500 e. The summed E-state index contributed by atoms with van der Waals surface area (Å²) in [7, 11) is 2.96. The zero-order valence-electron chi connectivity index (χ0n) is 21.1. The third-order valence-corrected chi connectivity index (χ3v) is 10.6. The number of allylic oxidation sites excluding steroid dienone is 3. The maximum absolute atomic E-state index is 14.2. The Morgan fingerprint density at radius 2 is 1.66 bits per heavy atom. The molecule has 0 aromatic carbocycles. The molecule has 0 aromatic heterocycles. The Kier molecular flexibility index (Phi) is 4.78. The highest BCUT2D eigenvalue weighted by molar-refractivity contribution is 6.17. The van der Waals surface area contributed by atoms with Crippen LogP contribution in [0.15, 0.2) is 23.0 Å². The number of hydrogen-bond acceptors (Lipinski definition) is 5. The van der Waals surface area contributed by atoms with Crippen LogP contribution in [0.3, 0.4) is 0 Å². The lowest BCUT2D eigenvalue weighted by Crippen LogP contribution is -2.69. The van der Waals surface area contributed by atoms with Crippen LogP contribution in [0, 0.1) is 38.9 Å². The van der Waals surface area contributed by atoms with Gasteiger partial charge in [0.1, 0.15) is 11.5 Å². The van der Waals surface area contributed by atoms with Crippen molar-refractivity contribution in [3.63, 3.8) is 0 Å². The number of methoxy groups -OCH3 is 2. The van der Waals surface area contributed by atoms with E-state index in [-0.39, 0.29) is 23.0 Å². The number of rotatable bonds is 2. The summed E-state index contributed by atoms with van der Waals surface area (Å²) in [5.41, 5.74) is -2.06. The molecule has 0 aliphatic heterocycles. The molecule has 32 heavy (non-hydrogen) atoms. The number of carbonyl (C=O) groups excluding carboxylic acids is 3. The fourth-order valence-electron chi connectivity index (χ4n) is 9.00. The van der Waals surface area contributed by atoms with Crippen LogP contribution in [-0.4, -0.2) is 31.8 Å². The van der Waals surface area contributed by atoms with Gasteiger partial charge in [-0.05, 0) is 62.7 Å². The molecule has 2 saturated carbocycles. The molecular formula is C27H38O5. The summed E-state index contributed by atoms with van der Waals surface area (Å²) in [4.78, 5) is 40.9. The molecular weight excluding hydrogens is 404 g/mol. The summed E-state index contributed by atoms with van der Waals surface area (Å²) in [6, 6.07) is 0. The molecule has 5 heteroatoms. The van der Waals surface area contributed by atoms with Gasteiger partial charge in [0.15, 0.2) is 11.2 Å². The highest BCUT2D eigenvalue weighted by atomic mass is 16.5. The molecule has 6 atom stereocenters. The standard InChI is InChI=1S/C27H38O5/c1-15-14-18-24(5)12-11-19(28)23(3,4)17(24)10-13-25(18,6)27(22(30)32-9)20(29)16(2)21(31-8)26(15,27)7/h14,17-18H,10-13H2,1-9H3/t17-,18+,24-,25+,26+,27-/m1/s1. The van der Waals surface area contributed by atoms with Crippen molar-refractivity contribution in [2.45, 2.75) is 74.1 Å². The molecule has 0 unspecified atom stereocenters. The third-order valence-electron chi connectivity index (χ3n) is 10.6. The average Bonchev–Trinajstić information content (AvgIpc) is 2.91. The highest BCUT2D eigenvalue weighted by Crippen LogP contribution is 2.77. The molecule has 0 N–H and O–H groups in total. The minimum absolute atomic E-state index is 0.0266. The molecule has 2 fully saturated rings. The van der Waals surface area contributed by atoms with Gasteiger partial charge in [0, 0.05) is 17.4 Å². The summed E-state index contributed by atoms with van der Waals surface area (Å²) in [6.45, 7) is 14.3. The summed E-state index contributed by atoms with van der Waals surface area (Å²) >= 11 is 0. The van der Waals surface area contributed by atoms with E-state index in [4.69, 9.17) is 9.47 Å². The predicted octanol–water partition coefficient (Wildman–Crippen LogP) is 5.04. The molecule has 4 aliphatic carbocycles. The van der Waals surface area contributed by atoms with E-state index in [0.29, 0.717) is 30.0 Å². The van der Waals surface area contributed by atoms with Gasteiger partial charge in [-0.2, -0.15) is 0 Å². The Bertz CT molecular complexity index is 986. The Morgan fingerprint density at radius 3 is 2.22 bits per heavy atom. The van der Waals surface area contributed by atoms with Crippen LogP contribution in [0.2, 0.25) is 0 Å². The summed E-state index contributed by atoms with van der Waals surface area (Å²) < 4.78 is 11.3. The zero-order valence-corrected chi connectivity index (χ0v) is 21.1.